The summed E-state index contributed by atoms with van der Waals surface area (Å²) in [6.07, 6.45) is 1.94. The number of nitrogens with two attached hydrogens (primary N) is 2. The Bertz CT molecular complexity index is 1420. The fraction of sp³-hybridized carbons (Fsp3) is 0.0769. The molecule has 162 valence electrons. The maximum absolute atomic E-state index is 10.0. The number of hydrogen-bond donors (Lipinski definition) is 2. The van der Waals surface area contributed by atoms with Crippen molar-refractivity contribution in [2.75, 3.05) is 12.8 Å². The van der Waals surface area contributed by atoms with E-state index in [1.807, 2.05) is 71.5 Å². The lowest BCUT2D eigenvalue weighted by molar-refractivity contribution is 0.394. The summed E-state index contributed by atoms with van der Waals surface area (Å²) in [7, 11) is 1.62. The second kappa shape index (κ2) is 8.09. The van der Waals surface area contributed by atoms with Gasteiger partial charge in [0, 0.05) is 34.6 Å². The zero-order valence-corrected chi connectivity index (χ0v) is 17.9. The molecule has 4 N–H and O–H groups in total. The van der Waals surface area contributed by atoms with Crippen LogP contribution in [-0.2, 0) is 0 Å². The highest BCUT2D eigenvalue weighted by Crippen LogP contribution is 2.45. The molecule has 0 spiro atoms. The summed E-state index contributed by atoms with van der Waals surface area (Å²) in [5, 5.41) is 14.9. The fourth-order valence-electron chi connectivity index (χ4n) is 4.10. The highest BCUT2D eigenvalue weighted by molar-refractivity contribution is 5.70. The van der Waals surface area contributed by atoms with Crippen LogP contribution in [0.5, 0.6) is 11.5 Å². The minimum Gasteiger partial charge on any atom is -0.497 e. The summed E-state index contributed by atoms with van der Waals surface area (Å²) in [4.78, 5) is 0. The van der Waals surface area contributed by atoms with Crippen LogP contribution in [0.2, 0.25) is 0 Å². The largest absolute Gasteiger partial charge is 0.497 e. The first-order valence-corrected chi connectivity index (χ1v) is 10.4. The lowest BCUT2D eigenvalue weighted by Gasteiger charge is -2.26. The zero-order chi connectivity index (χ0) is 22.9. The number of aromatic nitrogens is 2. The number of ether oxygens (including phenoxy) is 2. The normalized spacial score (nSPS) is 14.8. The molecule has 7 nitrogen and oxygen atoms in total. The number of nitriles is 1. The smallest absolute Gasteiger partial charge is 0.205 e. The predicted octanol–water partition coefficient (Wildman–Crippen LogP) is 4.35. The van der Waals surface area contributed by atoms with Crippen molar-refractivity contribution in [3.05, 3.63) is 102 Å². The van der Waals surface area contributed by atoms with Crippen LogP contribution < -0.4 is 20.9 Å². The number of fused-ring (bicyclic) bond motifs is 1. The van der Waals surface area contributed by atoms with Gasteiger partial charge in [-0.1, -0.05) is 36.4 Å². The van der Waals surface area contributed by atoms with Crippen molar-refractivity contribution >= 4 is 5.69 Å². The Balaban J connectivity index is 1.78. The Kier molecular flexibility index (Phi) is 4.96. The molecule has 1 unspecified atom stereocenters. The summed E-state index contributed by atoms with van der Waals surface area (Å²) in [6.45, 7) is 0. The van der Waals surface area contributed by atoms with Gasteiger partial charge in [0.2, 0.25) is 5.88 Å². The lowest BCUT2D eigenvalue weighted by Crippen LogP contribution is -2.21. The molecule has 5 rings (SSSR count). The van der Waals surface area contributed by atoms with E-state index in [0.717, 1.165) is 22.4 Å². The summed E-state index contributed by atoms with van der Waals surface area (Å²) < 4.78 is 13.0. The van der Waals surface area contributed by atoms with Crippen LogP contribution in [-0.4, -0.2) is 16.9 Å². The number of anilines is 1. The van der Waals surface area contributed by atoms with E-state index in [4.69, 9.17) is 26.0 Å². The number of allylic oxidation sites excluding steroid dienone is 1. The summed E-state index contributed by atoms with van der Waals surface area (Å²) in [5.74, 6) is 0.826. The van der Waals surface area contributed by atoms with Gasteiger partial charge >= 0.3 is 0 Å². The lowest BCUT2D eigenvalue weighted by atomic mass is 9.82. The van der Waals surface area contributed by atoms with Crippen molar-refractivity contribution in [2.45, 2.75) is 5.92 Å². The molecule has 0 saturated carbocycles. The molecule has 33 heavy (non-hydrogen) atoms. The number of methoxy groups -OCH3 is 1. The van der Waals surface area contributed by atoms with Crippen molar-refractivity contribution in [1.82, 2.24) is 9.78 Å². The third kappa shape index (κ3) is 3.54. The number of benzene rings is 3. The van der Waals surface area contributed by atoms with Crippen molar-refractivity contribution in [2.24, 2.45) is 5.73 Å². The third-order valence-electron chi connectivity index (χ3n) is 5.66. The first-order chi connectivity index (χ1) is 16.1. The van der Waals surface area contributed by atoms with Gasteiger partial charge in [0.1, 0.15) is 23.1 Å². The van der Waals surface area contributed by atoms with Crippen LogP contribution in [0, 0.1) is 11.3 Å². The maximum atomic E-state index is 10.0. The molecule has 1 atom stereocenters. The average molecular weight is 435 g/mol. The van der Waals surface area contributed by atoms with Crippen molar-refractivity contribution in [1.29, 1.82) is 5.26 Å². The van der Waals surface area contributed by atoms with Crippen LogP contribution in [0.15, 0.2) is 90.4 Å². The van der Waals surface area contributed by atoms with E-state index in [2.05, 4.69) is 6.07 Å². The number of para-hydroxylation sites is 1. The first kappa shape index (κ1) is 20.2. The van der Waals surface area contributed by atoms with Crippen LogP contribution in [0.4, 0.5) is 5.69 Å². The van der Waals surface area contributed by atoms with Crippen molar-refractivity contribution < 1.29 is 9.47 Å². The predicted molar refractivity (Wildman–Crippen MR) is 126 cm³/mol. The minimum absolute atomic E-state index is 0.0599. The molecular weight excluding hydrogens is 414 g/mol. The SMILES string of the molecule is COc1cccc(-c2nn(-c3ccccc3)cc2C2C(C#N)=C(N)Oc3cc(N)ccc32)c1. The van der Waals surface area contributed by atoms with Gasteiger partial charge in [0.05, 0.1) is 24.4 Å². The minimum atomic E-state index is -0.474. The Morgan fingerprint density at radius 3 is 2.58 bits per heavy atom. The molecule has 0 radical (unpaired) electrons. The molecule has 0 saturated heterocycles. The van der Waals surface area contributed by atoms with Crippen LogP contribution in [0.1, 0.15) is 17.0 Å². The molecule has 4 aromatic rings. The Morgan fingerprint density at radius 1 is 1.00 bits per heavy atom. The molecule has 2 heterocycles. The number of hydrogen-bond acceptors (Lipinski definition) is 6. The second-order valence-corrected chi connectivity index (χ2v) is 7.67. The highest BCUT2D eigenvalue weighted by atomic mass is 16.5. The van der Waals surface area contributed by atoms with Gasteiger partial charge in [-0.15, -0.1) is 0 Å². The molecule has 1 aliphatic heterocycles. The Morgan fingerprint density at radius 2 is 1.82 bits per heavy atom. The van der Waals surface area contributed by atoms with Crippen LogP contribution >= 0.6 is 0 Å². The van der Waals surface area contributed by atoms with Gasteiger partial charge in [0.25, 0.3) is 0 Å². The summed E-state index contributed by atoms with van der Waals surface area (Å²) in [5.41, 5.74) is 17.1. The molecule has 3 aromatic carbocycles. The highest BCUT2D eigenvalue weighted by Gasteiger charge is 2.34. The topological polar surface area (TPSA) is 112 Å². The zero-order valence-electron chi connectivity index (χ0n) is 17.9. The van der Waals surface area contributed by atoms with E-state index in [1.54, 1.807) is 19.2 Å². The molecule has 7 heteroatoms. The van der Waals surface area contributed by atoms with E-state index in [-0.39, 0.29) is 5.88 Å². The Labute approximate surface area is 191 Å². The second-order valence-electron chi connectivity index (χ2n) is 7.67. The maximum Gasteiger partial charge on any atom is 0.205 e. The number of nitrogens with zero attached hydrogens (tertiary/aromatic N) is 3. The van der Waals surface area contributed by atoms with Crippen molar-refractivity contribution in [3.63, 3.8) is 0 Å². The molecule has 1 aliphatic rings. The van der Waals surface area contributed by atoms with Gasteiger partial charge in [-0.25, -0.2) is 4.68 Å². The molecule has 0 fully saturated rings. The van der Waals surface area contributed by atoms with E-state index in [0.29, 0.717) is 28.5 Å². The van der Waals surface area contributed by atoms with E-state index in [1.165, 1.54) is 0 Å². The molecule has 0 aliphatic carbocycles. The van der Waals surface area contributed by atoms with Crippen LogP contribution in [0.25, 0.3) is 16.9 Å². The monoisotopic (exact) mass is 435 g/mol. The molecular formula is C26H21N5O2. The van der Waals surface area contributed by atoms with Gasteiger partial charge in [-0.05, 0) is 30.3 Å². The van der Waals surface area contributed by atoms with Gasteiger partial charge in [-0.2, -0.15) is 10.4 Å². The third-order valence-corrected chi connectivity index (χ3v) is 5.66. The number of nitrogen functional groups attached to an aromatic ring is 1. The van der Waals surface area contributed by atoms with Gasteiger partial charge < -0.3 is 20.9 Å². The quantitative estimate of drug-likeness (QED) is 0.461. The fourth-order valence-corrected chi connectivity index (χ4v) is 4.10. The first-order valence-electron chi connectivity index (χ1n) is 10.4. The van der Waals surface area contributed by atoms with E-state index in [9.17, 15) is 5.26 Å². The standard InChI is InChI=1S/C26H21N5O2/c1-32-19-9-5-6-16(12-19)25-22(15-31(30-25)18-7-3-2-4-8-18)24-20-11-10-17(28)13-23(20)33-26(29)21(24)14-27/h2-13,15,24H,28-29H2,1H3. The van der Waals surface area contributed by atoms with E-state index < -0.39 is 5.92 Å². The molecule has 1 aromatic heterocycles. The molecule has 0 amide bonds. The average Bonchev–Trinajstić information content (AvgIpc) is 3.29. The van der Waals surface area contributed by atoms with Gasteiger partial charge in [-0.3, -0.25) is 0 Å². The number of rotatable bonds is 4. The van der Waals surface area contributed by atoms with Crippen LogP contribution in [0.3, 0.4) is 0 Å². The Hall–Kier alpha value is -4.70. The molecule has 0 bridgehead atoms. The van der Waals surface area contributed by atoms with Gasteiger partial charge in [0.15, 0.2) is 0 Å². The summed E-state index contributed by atoms with van der Waals surface area (Å²) >= 11 is 0. The van der Waals surface area contributed by atoms with Crippen molar-refractivity contribution in [3.8, 4) is 34.5 Å². The van der Waals surface area contributed by atoms with E-state index >= 15 is 0 Å². The summed E-state index contributed by atoms with van der Waals surface area (Å²) in [6, 6.07) is 25.1.